The molecule has 0 unspecified atom stereocenters. The van der Waals surface area contributed by atoms with Crippen LogP contribution >= 0.6 is 0 Å². The minimum atomic E-state index is 0.612. The molecule has 0 aliphatic carbocycles. The zero-order valence-electron chi connectivity index (χ0n) is 9.51. The third kappa shape index (κ3) is 3.51. The minimum Gasteiger partial charge on any atom is -0.310 e. The summed E-state index contributed by atoms with van der Waals surface area (Å²) >= 11 is 0. The molecule has 0 aromatic heterocycles. The van der Waals surface area contributed by atoms with E-state index in [4.69, 9.17) is 0 Å². The number of aryl methyl sites for hydroxylation is 1. The van der Waals surface area contributed by atoms with E-state index in [1.165, 1.54) is 17.5 Å². The Morgan fingerprint density at radius 3 is 2.14 bits per heavy atom. The summed E-state index contributed by atoms with van der Waals surface area (Å²) in [5.74, 6) is 0. The Bertz CT molecular complexity index is 250. The maximum absolute atomic E-state index is 3.49. The maximum Gasteiger partial charge on any atom is 0.0207 e. The zero-order valence-corrected chi connectivity index (χ0v) is 9.51. The van der Waals surface area contributed by atoms with Gasteiger partial charge in [-0.2, -0.15) is 0 Å². The van der Waals surface area contributed by atoms with Crippen LogP contribution in [-0.2, 0) is 13.0 Å². The lowest BCUT2D eigenvalue weighted by Gasteiger charge is -2.11. The van der Waals surface area contributed by atoms with Gasteiger partial charge in [0.15, 0.2) is 0 Å². The Labute approximate surface area is 87.5 Å². The predicted molar refractivity (Wildman–Crippen MR) is 62.4 cm³/mol. The standard InChI is InChI=1S/C13H21N/c1-4-11(3)14-10-13-8-6-12(5-2)7-9-13/h6-9,11,14H,4-5,10H2,1-3H3/t11-/m0/s1. The van der Waals surface area contributed by atoms with Crippen LogP contribution in [0.5, 0.6) is 0 Å². The van der Waals surface area contributed by atoms with Gasteiger partial charge >= 0.3 is 0 Å². The highest BCUT2D eigenvalue weighted by Crippen LogP contribution is 2.05. The van der Waals surface area contributed by atoms with Crippen molar-refractivity contribution in [1.82, 2.24) is 5.32 Å². The molecule has 0 spiro atoms. The Hall–Kier alpha value is -0.820. The van der Waals surface area contributed by atoms with Gasteiger partial charge in [-0.3, -0.25) is 0 Å². The summed E-state index contributed by atoms with van der Waals surface area (Å²) in [6, 6.07) is 9.48. The van der Waals surface area contributed by atoms with Crippen molar-refractivity contribution in [2.75, 3.05) is 0 Å². The van der Waals surface area contributed by atoms with Crippen LogP contribution in [0.4, 0.5) is 0 Å². The third-order valence-corrected chi connectivity index (χ3v) is 2.70. The molecule has 1 aromatic carbocycles. The molecule has 0 bridgehead atoms. The largest absolute Gasteiger partial charge is 0.310 e. The monoisotopic (exact) mass is 191 g/mol. The molecule has 1 nitrogen and oxygen atoms in total. The second-order valence-corrected chi connectivity index (χ2v) is 3.86. The van der Waals surface area contributed by atoms with Crippen LogP contribution in [0.15, 0.2) is 24.3 Å². The summed E-state index contributed by atoms with van der Waals surface area (Å²) in [6.45, 7) is 7.60. The highest BCUT2D eigenvalue weighted by atomic mass is 14.9. The molecule has 0 amide bonds. The summed E-state index contributed by atoms with van der Waals surface area (Å²) < 4.78 is 0. The fraction of sp³-hybridized carbons (Fsp3) is 0.538. The van der Waals surface area contributed by atoms with Gasteiger partial charge in [0, 0.05) is 12.6 Å². The van der Waals surface area contributed by atoms with Crippen molar-refractivity contribution in [3.05, 3.63) is 35.4 Å². The van der Waals surface area contributed by atoms with E-state index in [-0.39, 0.29) is 0 Å². The molecule has 14 heavy (non-hydrogen) atoms. The van der Waals surface area contributed by atoms with Crippen molar-refractivity contribution in [2.45, 2.75) is 46.2 Å². The van der Waals surface area contributed by atoms with E-state index < -0.39 is 0 Å². The van der Waals surface area contributed by atoms with Crippen molar-refractivity contribution < 1.29 is 0 Å². The molecule has 0 aliphatic rings. The molecular weight excluding hydrogens is 170 g/mol. The first-order chi connectivity index (χ1) is 6.76. The topological polar surface area (TPSA) is 12.0 Å². The van der Waals surface area contributed by atoms with Crippen LogP contribution in [0.3, 0.4) is 0 Å². The summed E-state index contributed by atoms with van der Waals surface area (Å²) in [5.41, 5.74) is 2.79. The normalized spacial score (nSPS) is 12.8. The molecule has 0 aliphatic heterocycles. The fourth-order valence-corrected chi connectivity index (χ4v) is 1.33. The van der Waals surface area contributed by atoms with Crippen molar-refractivity contribution in [3.8, 4) is 0 Å². The SMILES string of the molecule is CCc1ccc(CN[C@@H](C)CC)cc1. The number of rotatable bonds is 5. The molecule has 1 heteroatoms. The summed E-state index contributed by atoms with van der Waals surface area (Å²) in [6.07, 6.45) is 2.31. The van der Waals surface area contributed by atoms with Gasteiger partial charge in [-0.05, 0) is 30.9 Å². The number of nitrogens with one attached hydrogen (secondary N) is 1. The molecule has 0 saturated carbocycles. The molecule has 0 heterocycles. The quantitative estimate of drug-likeness (QED) is 0.754. The van der Waals surface area contributed by atoms with E-state index in [1.807, 2.05) is 0 Å². The van der Waals surface area contributed by atoms with Crippen molar-refractivity contribution in [1.29, 1.82) is 0 Å². The molecule has 1 atom stereocenters. The van der Waals surface area contributed by atoms with Gasteiger partial charge < -0.3 is 5.32 Å². The summed E-state index contributed by atoms with van der Waals surface area (Å²) in [7, 11) is 0. The number of hydrogen-bond acceptors (Lipinski definition) is 1. The van der Waals surface area contributed by atoms with Crippen LogP contribution in [0.2, 0.25) is 0 Å². The molecule has 0 fully saturated rings. The van der Waals surface area contributed by atoms with E-state index in [0.717, 1.165) is 13.0 Å². The van der Waals surface area contributed by atoms with Gasteiger partial charge in [-0.1, -0.05) is 38.1 Å². The van der Waals surface area contributed by atoms with E-state index in [1.54, 1.807) is 0 Å². The Kier molecular flexibility index (Phi) is 4.68. The van der Waals surface area contributed by atoms with Crippen molar-refractivity contribution in [3.63, 3.8) is 0 Å². The third-order valence-electron chi connectivity index (χ3n) is 2.70. The van der Waals surface area contributed by atoms with E-state index in [9.17, 15) is 0 Å². The first-order valence-electron chi connectivity index (χ1n) is 5.57. The first kappa shape index (κ1) is 11.3. The van der Waals surface area contributed by atoms with Crippen LogP contribution in [0.1, 0.15) is 38.3 Å². The summed E-state index contributed by atoms with van der Waals surface area (Å²) in [5, 5.41) is 3.49. The van der Waals surface area contributed by atoms with Crippen molar-refractivity contribution in [2.24, 2.45) is 0 Å². The van der Waals surface area contributed by atoms with Crippen LogP contribution in [0.25, 0.3) is 0 Å². The lowest BCUT2D eigenvalue weighted by atomic mass is 10.1. The first-order valence-corrected chi connectivity index (χ1v) is 5.57. The molecule has 1 N–H and O–H groups in total. The van der Waals surface area contributed by atoms with Crippen LogP contribution < -0.4 is 5.32 Å². The van der Waals surface area contributed by atoms with Crippen LogP contribution in [0, 0.1) is 0 Å². The summed E-state index contributed by atoms with van der Waals surface area (Å²) in [4.78, 5) is 0. The predicted octanol–water partition coefficient (Wildman–Crippen LogP) is 3.14. The lowest BCUT2D eigenvalue weighted by molar-refractivity contribution is 0.534. The number of benzene rings is 1. The van der Waals surface area contributed by atoms with Gasteiger partial charge in [-0.25, -0.2) is 0 Å². The number of hydrogen-bond donors (Lipinski definition) is 1. The van der Waals surface area contributed by atoms with Crippen LogP contribution in [-0.4, -0.2) is 6.04 Å². The molecule has 78 valence electrons. The van der Waals surface area contributed by atoms with Gasteiger partial charge in [-0.15, -0.1) is 0 Å². The van der Waals surface area contributed by atoms with E-state index in [2.05, 4.69) is 50.4 Å². The van der Waals surface area contributed by atoms with Crippen molar-refractivity contribution >= 4 is 0 Å². The lowest BCUT2D eigenvalue weighted by Crippen LogP contribution is -2.24. The zero-order chi connectivity index (χ0) is 10.4. The molecule has 1 rings (SSSR count). The second-order valence-electron chi connectivity index (χ2n) is 3.86. The smallest absolute Gasteiger partial charge is 0.0207 e. The molecule has 0 radical (unpaired) electrons. The van der Waals surface area contributed by atoms with E-state index >= 15 is 0 Å². The molecule has 1 aromatic rings. The van der Waals surface area contributed by atoms with Gasteiger partial charge in [0.25, 0.3) is 0 Å². The Morgan fingerprint density at radius 2 is 1.64 bits per heavy atom. The Balaban J connectivity index is 2.43. The van der Waals surface area contributed by atoms with Gasteiger partial charge in [0.05, 0.1) is 0 Å². The fourth-order valence-electron chi connectivity index (χ4n) is 1.33. The average molecular weight is 191 g/mol. The van der Waals surface area contributed by atoms with Gasteiger partial charge in [0.2, 0.25) is 0 Å². The second kappa shape index (κ2) is 5.82. The Morgan fingerprint density at radius 1 is 1.07 bits per heavy atom. The van der Waals surface area contributed by atoms with E-state index in [0.29, 0.717) is 6.04 Å². The van der Waals surface area contributed by atoms with Gasteiger partial charge in [0.1, 0.15) is 0 Å². The molecular formula is C13H21N. The highest BCUT2D eigenvalue weighted by Gasteiger charge is 1.97. The maximum atomic E-state index is 3.49. The minimum absolute atomic E-state index is 0.612. The molecule has 0 saturated heterocycles. The average Bonchev–Trinajstić information content (AvgIpc) is 2.26. The highest BCUT2D eigenvalue weighted by molar-refractivity contribution is 5.22.